The van der Waals surface area contributed by atoms with E-state index in [0.717, 1.165) is 5.75 Å². The van der Waals surface area contributed by atoms with E-state index in [1.165, 1.54) is 48.5 Å². The zero-order valence-electron chi connectivity index (χ0n) is 17.5. The Kier molecular flexibility index (Phi) is 6.90. The molecule has 4 aromatic rings. The Morgan fingerprint density at radius 3 is 2.18 bits per heavy atom. The molecule has 0 amide bonds. The first kappa shape index (κ1) is 22.0. The van der Waals surface area contributed by atoms with E-state index in [-0.39, 0.29) is 11.3 Å². The monoisotopic (exact) mass is 446 g/mol. The standard InChI is InChI=1S/C26H20F2N2O3/c27-21-10-6-19(7-11-21)24(33-26(31)20-8-12-22(28)13-9-20)18-25-29-14-15-30(25)16-17-32-23-4-2-1-3-5-23/h1-15,18H,16-17H2. The molecular formula is C26H20F2N2O3. The van der Waals surface area contributed by atoms with Gasteiger partial charge in [-0.25, -0.2) is 18.6 Å². The van der Waals surface area contributed by atoms with Gasteiger partial charge in [0.05, 0.1) is 12.1 Å². The van der Waals surface area contributed by atoms with Crippen molar-refractivity contribution in [3.05, 3.63) is 120 Å². The number of imidazole rings is 1. The third-order valence-corrected chi connectivity index (χ3v) is 4.76. The van der Waals surface area contributed by atoms with Crippen molar-refractivity contribution in [2.75, 3.05) is 6.61 Å². The molecule has 3 aromatic carbocycles. The zero-order chi connectivity index (χ0) is 23.0. The maximum absolute atomic E-state index is 13.4. The van der Waals surface area contributed by atoms with Crippen LogP contribution in [0.1, 0.15) is 21.7 Å². The van der Waals surface area contributed by atoms with E-state index in [4.69, 9.17) is 9.47 Å². The molecule has 0 N–H and O–H groups in total. The lowest BCUT2D eigenvalue weighted by Crippen LogP contribution is -2.10. The highest BCUT2D eigenvalue weighted by Gasteiger charge is 2.14. The van der Waals surface area contributed by atoms with Gasteiger partial charge in [0.15, 0.2) is 0 Å². The highest BCUT2D eigenvalue weighted by atomic mass is 19.1. The average molecular weight is 446 g/mol. The summed E-state index contributed by atoms with van der Waals surface area (Å²) < 4.78 is 39.8. The van der Waals surface area contributed by atoms with Gasteiger partial charge in [0.25, 0.3) is 0 Å². The number of ether oxygens (including phenoxy) is 2. The highest BCUT2D eigenvalue weighted by Crippen LogP contribution is 2.22. The summed E-state index contributed by atoms with van der Waals surface area (Å²) in [4.78, 5) is 17.0. The Balaban J connectivity index is 1.56. The molecule has 4 rings (SSSR count). The van der Waals surface area contributed by atoms with E-state index in [1.54, 1.807) is 18.5 Å². The predicted octanol–water partition coefficient (Wildman–Crippen LogP) is 5.60. The molecule has 0 unspecified atom stereocenters. The highest BCUT2D eigenvalue weighted by molar-refractivity contribution is 5.95. The van der Waals surface area contributed by atoms with Gasteiger partial charge in [-0.3, -0.25) is 0 Å². The molecule has 5 nitrogen and oxygen atoms in total. The molecular weight excluding hydrogens is 426 g/mol. The smallest absolute Gasteiger partial charge is 0.343 e. The third kappa shape index (κ3) is 5.92. The van der Waals surface area contributed by atoms with Crippen LogP contribution in [0.5, 0.6) is 5.75 Å². The maximum atomic E-state index is 13.4. The quantitative estimate of drug-likeness (QED) is 0.261. The molecule has 33 heavy (non-hydrogen) atoms. The number of carbonyl (C=O) groups is 1. The van der Waals surface area contributed by atoms with E-state index in [2.05, 4.69) is 4.98 Å². The molecule has 1 aromatic heterocycles. The Bertz CT molecular complexity index is 1230. The molecule has 0 radical (unpaired) electrons. The topological polar surface area (TPSA) is 53.3 Å². The van der Waals surface area contributed by atoms with Crippen LogP contribution in [-0.2, 0) is 11.3 Å². The summed E-state index contributed by atoms with van der Waals surface area (Å²) in [7, 11) is 0. The number of benzene rings is 3. The van der Waals surface area contributed by atoms with Crippen LogP contribution in [0.3, 0.4) is 0 Å². The molecule has 0 aliphatic rings. The van der Waals surface area contributed by atoms with E-state index in [9.17, 15) is 13.6 Å². The lowest BCUT2D eigenvalue weighted by molar-refractivity contribution is 0.0693. The van der Waals surface area contributed by atoms with Gasteiger partial charge in [0.1, 0.15) is 35.6 Å². The molecule has 0 fully saturated rings. The van der Waals surface area contributed by atoms with Crippen molar-refractivity contribution in [2.45, 2.75) is 6.54 Å². The summed E-state index contributed by atoms with van der Waals surface area (Å²) in [6, 6.07) is 20.0. The van der Waals surface area contributed by atoms with E-state index >= 15 is 0 Å². The van der Waals surface area contributed by atoms with Gasteiger partial charge in [0, 0.05) is 24.0 Å². The molecule has 0 bridgehead atoms. The van der Waals surface area contributed by atoms with Gasteiger partial charge >= 0.3 is 5.97 Å². The van der Waals surface area contributed by atoms with Crippen molar-refractivity contribution in [2.24, 2.45) is 0 Å². The van der Waals surface area contributed by atoms with Crippen LogP contribution in [0.15, 0.2) is 91.3 Å². The summed E-state index contributed by atoms with van der Waals surface area (Å²) in [6.45, 7) is 0.909. The second-order valence-electron chi connectivity index (χ2n) is 7.05. The summed E-state index contributed by atoms with van der Waals surface area (Å²) >= 11 is 0. The largest absolute Gasteiger partial charge is 0.492 e. The average Bonchev–Trinajstić information content (AvgIpc) is 3.27. The van der Waals surface area contributed by atoms with Crippen LogP contribution in [0.25, 0.3) is 11.8 Å². The number of carbonyl (C=O) groups excluding carboxylic acids is 1. The number of hydrogen-bond donors (Lipinski definition) is 0. The lowest BCUT2D eigenvalue weighted by Gasteiger charge is -2.11. The first-order valence-corrected chi connectivity index (χ1v) is 10.2. The van der Waals surface area contributed by atoms with Crippen molar-refractivity contribution in [1.82, 2.24) is 9.55 Å². The fraction of sp³-hybridized carbons (Fsp3) is 0.0769. The van der Waals surface area contributed by atoms with Gasteiger partial charge in [0.2, 0.25) is 0 Å². The Morgan fingerprint density at radius 2 is 1.52 bits per heavy atom. The van der Waals surface area contributed by atoms with Crippen molar-refractivity contribution in [3.63, 3.8) is 0 Å². The number of aromatic nitrogens is 2. The minimum absolute atomic E-state index is 0.181. The first-order chi connectivity index (χ1) is 16.1. The van der Waals surface area contributed by atoms with Crippen LogP contribution in [0.4, 0.5) is 8.78 Å². The number of para-hydroxylation sites is 1. The van der Waals surface area contributed by atoms with Crippen LogP contribution in [0.2, 0.25) is 0 Å². The van der Waals surface area contributed by atoms with Crippen molar-refractivity contribution in [1.29, 1.82) is 0 Å². The fourth-order valence-electron chi connectivity index (χ4n) is 3.08. The predicted molar refractivity (Wildman–Crippen MR) is 120 cm³/mol. The number of hydrogen-bond acceptors (Lipinski definition) is 4. The molecule has 0 spiro atoms. The van der Waals surface area contributed by atoms with Gasteiger partial charge < -0.3 is 14.0 Å². The van der Waals surface area contributed by atoms with Crippen molar-refractivity contribution >= 4 is 17.8 Å². The summed E-state index contributed by atoms with van der Waals surface area (Å²) in [5.74, 6) is -0.0761. The van der Waals surface area contributed by atoms with E-state index in [0.29, 0.717) is 24.5 Å². The van der Waals surface area contributed by atoms with Gasteiger partial charge in [-0.05, 0) is 60.7 Å². The normalized spacial score (nSPS) is 11.3. The molecule has 166 valence electrons. The summed E-state index contributed by atoms with van der Waals surface area (Å²) in [5.41, 5.74) is 0.672. The van der Waals surface area contributed by atoms with Gasteiger partial charge in [-0.1, -0.05) is 18.2 Å². The lowest BCUT2D eigenvalue weighted by atomic mass is 10.1. The first-order valence-electron chi connectivity index (χ1n) is 10.2. The SMILES string of the molecule is O=C(OC(=Cc1nccn1CCOc1ccccc1)c1ccc(F)cc1)c1ccc(F)cc1. The van der Waals surface area contributed by atoms with Crippen molar-refractivity contribution in [3.8, 4) is 5.75 Å². The van der Waals surface area contributed by atoms with Crippen LogP contribution in [-0.4, -0.2) is 22.1 Å². The fourth-order valence-corrected chi connectivity index (χ4v) is 3.08. The van der Waals surface area contributed by atoms with Gasteiger partial charge in [-0.2, -0.15) is 0 Å². The van der Waals surface area contributed by atoms with E-state index in [1.807, 2.05) is 34.9 Å². The second-order valence-corrected chi connectivity index (χ2v) is 7.05. The molecule has 1 heterocycles. The molecule has 0 aliphatic heterocycles. The number of halogens is 2. The van der Waals surface area contributed by atoms with Crippen molar-refractivity contribution < 1.29 is 23.0 Å². The zero-order valence-corrected chi connectivity index (χ0v) is 17.5. The maximum Gasteiger partial charge on any atom is 0.343 e. The molecule has 0 aliphatic carbocycles. The molecule has 0 saturated carbocycles. The summed E-state index contributed by atoms with van der Waals surface area (Å²) in [5, 5.41) is 0. The second kappa shape index (κ2) is 10.4. The van der Waals surface area contributed by atoms with Crippen LogP contribution < -0.4 is 4.74 Å². The molecule has 0 atom stereocenters. The van der Waals surface area contributed by atoms with Gasteiger partial charge in [-0.15, -0.1) is 0 Å². The number of esters is 1. The molecule has 0 saturated heterocycles. The Morgan fingerprint density at radius 1 is 0.879 bits per heavy atom. The van der Waals surface area contributed by atoms with Crippen LogP contribution in [0, 0.1) is 11.6 Å². The van der Waals surface area contributed by atoms with E-state index < -0.39 is 17.6 Å². The minimum Gasteiger partial charge on any atom is -0.492 e. The number of rotatable bonds is 8. The Labute approximate surface area is 189 Å². The summed E-state index contributed by atoms with van der Waals surface area (Å²) in [6.07, 6.45) is 5.00. The Hall–Kier alpha value is -4.26. The number of nitrogens with zero attached hydrogens (tertiary/aromatic N) is 2. The minimum atomic E-state index is -0.670. The molecule has 7 heteroatoms. The van der Waals surface area contributed by atoms with Crippen LogP contribution >= 0.6 is 0 Å². The third-order valence-electron chi connectivity index (χ3n) is 4.76.